The first-order valence-corrected chi connectivity index (χ1v) is 3.51. The van der Waals surface area contributed by atoms with Gasteiger partial charge >= 0.3 is 6.61 Å². The summed E-state index contributed by atoms with van der Waals surface area (Å²) in [6.45, 7) is -0.899. The van der Waals surface area contributed by atoms with Crippen molar-refractivity contribution in [2.45, 2.75) is 26.4 Å². The topological polar surface area (TPSA) is 9.23 Å². The molecule has 0 atom stereocenters. The summed E-state index contributed by atoms with van der Waals surface area (Å²) in [7, 11) is 0. The minimum Gasteiger partial charge on any atom is -0.435 e. The quantitative estimate of drug-likeness (QED) is 0.603. The first-order chi connectivity index (χ1) is 5.20. The molecule has 1 aliphatic rings. The van der Waals surface area contributed by atoms with Crippen molar-refractivity contribution in [3.05, 3.63) is 23.5 Å². The number of ether oxygens (including phenoxy) is 1. The summed E-state index contributed by atoms with van der Waals surface area (Å²) in [6, 6.07) is 0. The molecule has 0 N–H and O–H groups in total. The van der Waals surface area contributed by atoms with E-state index in [9.17, 15) is 8.78 Å². The molecule has 0 saturated heterocycles. The Bertz CT molecular complexity index is 194. The average molecular weight is 160 g/mol. The molecule has 0 aromatic rings. The van der Waals surface area contributed by atoms with Crippen LogP contribution in [0.4, 0.5) is 8.78 Å². The van der Waals surface area contributed by atoms with Gasteiger partial charge in [0, 0.05) is 0 Å². The zero-order valence-corrected chi connectivity index (χ0v) is 6.31. The fourth-order valence-electron chi connectivity index (χ4n) is 0.992. The Hall–Kier alpha value is -0.860. The maximum absolute atomic E-state index is 11.7. The van der Waals surface area contributed by atoms with E-state index in [0.717, 1.165) is 18.4 Å². The molecule has 0 spiro atoms. The van der Waals surface area contributed by atoms with Crippen molar-refractivity contribution >= 4 is 0 Å². The molecule has 11 heavy (non-hydrogen) atoms. The molecule has 1 rings (SSSR count). The Morgan fingerprint density at radius 1 is 1.55 bits per heavy atom. The van der Waals surface area contributed by atoms with Gasteiger partial charge in [-0.15, -0.1) is 0 Å². The Balaban J connectivity index is 2.60. The predicted molar refractivity (Wildman–Crippen MR) is 38.2 cm³/mol. The van der Waals surface area contributed by atoms with Crippen LogP contribution in [0.25, 0.3) is 0 Å². The van der Waals surface area contributed by atoms with Crippen LogP contribution in [0, 0.1) is 0 Å². The van der Waals surface area contributed by atoms with Gasteiger partial charge in [0.1, 0.15) is 5.76 Å². The third kappa shape index (κ3) is 2.33. The van der Waals surface area contributed by atoms with Crippen molar-refractivity contribution in [1.82, 2.24) is 0 Å². The zero-order valence-electron chi connectivity index (χ0n) is 6.31. The Morgan fingerprint density at radius 2 is 2.27 bits per heavy atom. The predicted octanol–water partition coefficient (Wildman–Crippen LogP) is 2.85. The van der Waals surface area contributed by atoms with E-state index in [2.05, 4.69) is 4.74 Å². The molecular weight excluding hydrogens is 150 g/mol. The molecule has 0 aromatic heterocycles. The normalized spacial score (nSPS) is 17.8. The minimum atomic E-state index is -2.71. The summed E-state index contributed by atoms with van der Waals surface area (Å²) in [5.41, 5.74) is 0.896. The molecule has 0 aromatic carbocycles. The van der Waals surface area contributed by atoms with Crippen molar-refractivity contribution in [2.24, 2.45) is 0 Å². The van der Waals surface area contributed by atoms with Crippen LogP contribution in [0.5, 0.6) is 0 Å². The smallest absolute Gasteiger partial charge is 0.387 e. The second-order valence-electron chi connectivity index (χ2n) is 2.46. The summed E-state index contributed by atoms with van der Waals surface area (Å²) in [4.78, 5) is 0. The van der Waals surface area contributed by atoms with Gasteiger partial charge in [0.15, 0.2) is 0 Å². The highest BCUT2D eigenvalue weighted by molar-refractivity contribution is 5.22. The van der Waals surface area contributed by atoms with E-state index in [4.69, 9.17) is 0 Å². The molecule has 3 heteroatoms. The molecule has 1 aliphatic carbocycles. The number of halogens is 2. The molecule has 0 aliphatic heterocycles. The van der Waals surface area contributed by atoms with Crippen molar-refractivity contribution < 1.29 is 13.5 Å². The lowest BCUT2D eigenvalue weighted by molar-refractivity contribution is -0.0932. The number of hydrogen-bond donors (Lipinski definition) is 0. The van der Waals surface area contributed by atoms with Gasteiger partial charge in [-0.2, -0.15) is 8.78 Å². The van der Waals surface area contributed by atoms with E-state index in [1.807, 2.05) is 6.08 Å². The number of hydrogen-bond acceptors (Lipinski definition) is 1. The van der Waals surface area contributed by atoms with Gasteiger partial charge in [-0.1, -0.05) is 6.08 Å². The van der Waals surface area contributed by atoms with Crippen LogP contribution in [-0.2, 0) is 4.74 Å². The first kappa shape index (κ1) is 8.24. The lowest BCUT2D eigenvalue weighted by Crippen LogP contribution is -2.01. The van der Waals surface area contributed by atoms with E-state index in [1.54, 1.807) is 13.0 Å². The van der Waals surface area contributed by atoms with Gasteiger partial charge in [0.2, 0.25) is 0 Å². The third-order valence-electron chi connectivity index (χ3n) is 1.59. The average Bonchev–Trinajstić information content (AvgIpc) is 1.93. The van der Waals surface area contributed by atoms with Gasteiger partial charge in [-0.3, -0.25) is 0 Å². The summed E-state index contributed by atoms with van der Waals surface area (Å²) in [5.74, 6) is 0.325. The third-order valence-corrected chi connectivity index (χ3v) is 1.59. The van der Waals surface area contributed by atoms with Crippen LogP contribution in [0.2, 0.25) is 0 Å². The second kappa shape index (κ2) is 3.51. The number of alkyl halides is 2. The molecule has 0 heterocycles. The van der Waals surface area contributed by atoms with Crippen LogP contribution in [0.3, 0.4) is 0 Å². The number of allylic oxidation sites excluding steroid dienone is 3. The van der Waals surface area contributed by atoms with Gasteiger partial charge in [-0.25, -0.2) is 0 Å². The van der Waals surface area contributed by atoms with Crippen molar-refractivity contribution in [3.8, 4) is 0 Å². The van der Waals surface area contributed by atoms with Gasteiger partial charge < -0.3 is 4.74 Å². The van der Waals surface area contributed by atoms with E-state index in [0.29, 0.717) is 5.76 Å². The Kier molecular flexibility index (Phi) is 2.63. The van der Waals surface area contributed by atoms with Gasteiger partial charge in [-0.05, 0) is 31.4 Å². The molecule has 0 amide bonds. The van der Waals surface area contributed by atoms with Crippen molar-refractivity contribution in [3.63, 3.8) is 0 Å². The molecule has 0 saturated carbocycles. The van der Waals surface area contributed by atoms with Crippen LogP contribution >= 0.6 is 0 Å². The van der Waals surface area contributed by atoms with E-state index in [1.165, 1.54) is 0 Å². The SMILES string of the molecule is CC1=C(OC(F)F)C=CCC1. The minimum absolute atomic E-state index is 0.325. The highest BCUT2D eigenvalue weighted by Gasteiger charge is 2.09. The molecule has 0 radical (unpaired) electrons. The highest BCUT2D eigenvalue weighted by Crippen LogP contribution is 2.20. The van der Waals surface area contributed by atoms with Gasteiger partial charge in [0.25, 0.3) is 0 Å². The van der Waals surface area contributed by atoms with E-state index in [-0.39, 0.29) is 0 Å². The largest absolute Gasteiger partial charge is 0.435 e. The standard InChI is InChI=1S/C8H10F2O/c1-6-4-2-3-5-7(6)11-8(9)10/h3,5,8H,2,4H2,1H3. The maximum Gasteiger partial charge on any atom is 0.387 e. The zero-order chi connectivity index (χ0) is 8.27. The fourth-order valence-corrected chi connectivity index (χ4v) is 0.992. The number of rotatable bonds is 2. The fraction of sp³-hybridized carbons (Fsp3) is 0.500. The first-order valence-electron chi connectivity index (χ1n) is 3.51. The second-order valence-corrected chi connectivity index (χ2v) is 2.46. The molecular formula is C8H10F2O. The monoisotopic (exact) mass is 160 g/mol. The van der Waals surface area contributed by atoms with E-state index >= 15 is 0 Å². The van der Waals surface area contributed by atoms with Crippen molar-refractivity contribution in [2.75, 3.05) is 0 Å². The van der Waals surface area contributed by atoms with Gasteiger partial charge in [0.05, 0.1) is 0 Å². The molecule has 62 valence electrons. The summed E-state index contributed by atoms with van der Waals surface area (Å²) >= 11 is 0. The lowest BCUT2D eigenvalue weighted by atomic mass is 10.1. The molecule has 1 nitrogen and oxygen atoms in total. The lowest BCUT2D eigenvalue weighted by Gasteiger charge is -2.12. The maximum atomic E-state index is 11.7. The molecule has 0 fully saturated rings. The van der Waals surface area contributed by atoms with Crippen LogP contribution in [0.15, 0.2) is 23.5 Å². The molecule has 0 unspecified atom stereocenters. The Labute approximate surface area is 64.4 Å². The highest BCUT2D eigenvalue weighted by atomic mass is 19.3. The van der Waals surface area contributed by atoms with Crippen LogP contribution < -0.4 is 0 Å². The van der Waals surface area contributed by atoms with Crippen molar-refractivity contribution in [1.29, 1.82) is 0 Å². The Morgan fingerprint density at radius 3 is 2.82 bits per heavy atom. The van der Waals surface area contributed by atoms with E-state index < -0.39 is 6.61 Å². The van der Waals surface area contributed by atoms with Crippen LogP contribution in [0.1, 0.15) is 19.8 Å². The molecule has 0 bridgehead atoms. The summed E-state index contributed by atoms with van der Waals surface area (Å²) in [6.07, 6.45) is 5.18. The summed E-state index contributed by atoms with van der Waals surface area (Å²) < 4.78 is 27.7. The summed E-state index contributed by atoms with van der Waals surface area (Å²) in [5, 5.41) is 0. The van der Waals surface area contributed by atoms with Crippen LogP contribution in [-0.4, -0.2) is 6.61 Å².